The maximum Gasteiger partial charge on any atom is 0.200 e. The Morgan fingerprint density at radius 2 is 1.76 bits per heavy atom. The van der Waals surface area contributed by atoms with Crippen LogP contribution in [-0.2, 0) is 9.47 Å². The second kappa shape index (κ2) is 11.3. The normalized spacial score (nSPS) is 27.7. The Balaban J connectivity index is 1.43. The SMILES string of the molecule is CCCOc1ccc(C2CCC(OCC3CCC(CCC)CO3)CC2)c(F)c1F. The van der Waals surface area contributed by atoms with Crippen molar-refractivity contribution in [1.29, 1.82) is 0 Å². The van der Waals surface area contributed by atoms with Crippen LogP contribution in [0.4, 0.5) is 8.78 Å². The summed E-state index contributed by atoms with van der Waals surface area (Å²) in [7, 11) is 0. The van der Waals surface area contributed by atoms with Crippen LogP contribution in [-0.4, -0.2) is 32.0 Å². The van der Waals surface area contributed by atoms with Crippen molar-refractivity contribution in [1.82, 2.24) is 0 Å². The van der Waals surface area contributed by atoms with Gasteiger partial charge in [-0.05, 0) is 74.8 Å². The van der Waals surface area contributed by atoms with Gasteiger partial charge in [0.2, 0.25) is 5.82 Å². The van der Waals surface area contributed by atoms with Gasteiger partial charge in [0.1, 0.15) is 0 Å². The van der Waals surface area contributed by atoms with Crippen LogP contribution in [0.25, 0.3) is 0 Å². The minimum atomic E-state index is -0.856. The van der Waals surface area contributed by atoms with Crippen LogP contribution in [0.2, 0.25) is 0 Å². The molecular weight excluding hydrogens is 374 g/mol. The molecule has 1 heterocycles. The summed E-state index contributed by atoms with van der Waals surface area (Å²) in [5, 5.41) is 0. The van der Waals surface area contributed by atoms with E-state index in [4.69, 9.17) is 14.2 Å². The van der Waals surface area contributed by atoms with Gasteiger partial charge in [-0.25, -0.2) is 4.39 Å². The fraction of sp³-hybridized carbons (Fsp3) is 0.750. The lowest BCUT2D eigenvalue weighted by atomic mass is 9.82. The van der Waals surface area contributed by atoms with E-state index in [2.05, 4.69) is 6.92 Å². The lowest BCUT2D eigenvalue weighted by molar-refractivity contribution is -0.0857. The topological polar surface area (TPSA) is 27.7 Å². The molecule has 3 nitrogen and oxygen atoms in total. The molecule has 0 radical (unpaired) electrons. The zero-order chi connectivity index (χ0) is 20.6. The average molecular weight is 411 g/mol. The van der Waals surface area contributed by atoms with Gasteiger partial charge in [-0.15, -0.1) is 0 Å². The standard InChI is InChI=1S/C24H36F2O3/c1-3-5-17-6-9-20(28-15-17)16-29-19-10-7-18(8-11-19)21-12-13-22(27-14-4-2)24(26)23(21)25/h12-13,17-20H,3-11,14-16H2,1-2H3. The number of hydrogen-bond acceptors (Lipinski definition) is 3. The molecule has 1 aliphatic heterocycles. The molecule has 1 aliphatic carbocycles. The van der Waals surface area contributed by atoms with E-state index in [1.165, 1.54) is 19.3 Å². The molecule has 0 bridgehead atoms. The van der Waals surface area contributed by atoms with Gasteiger partial charge in [-0.1, -0.05) is 26.3 Å². The first-order valence-corrected chi connectivity index (χ1v) is 11.5. The van der Waals surface area contributed by atoms with Gasteiger partial charge < -0.3 is 14.2 Å². The quantitative estimate of drug-likeness (QED) is 0.472. The van der Waals surface area contributed by atoms with Crippen molar-refractivity contribution in [2.75, 3.05) is 19.8 Å². The van der Waals surface area contributed by atoms with Gasteiger partial charge >= 0.3 is 0 Å². The zero-order valence-corrected chi connectivity index (χ0v) is 17.9. The molecule has 1 saturated carbocycles. The minimum Gasteiger partial charge on any atom is -0.490 e. The predicted octanol–water partition coefficient (Wildman–Crippen LogP) is 6.39. The van der Waals surface area contributed by atoms with Crippen LogP contribution in [0.15, 0.2) is 12.1 Å². The van der Waals surface area contributed by atoms with E-state index in [9.17, 15) is 8.78 Å². The van der Waals surface area contributed by atoms with Gasteiger partial charge in [0.15, 0.2) is 11.6 Å². The maximum atomic E-state index is 14.5. The fourth-order valence-corrected chi connectivity index (χ4v) is 4.60. The Kier molecular flexibility index (Phi) is 8.73. The number of rotatable bonds is 9. The highest BCUT2D eigenvalue weighted by Gasteiger charge is 2.28. The Bertz CT molecular complexity index is 621. The summed E-state index contributed by atoms with van der Waals surface area (Å²) >= 11 is 0. The van der Waals surface area contributed by atoms with Crippen molar-refractivity contribution in [3.63, 3.8) is 0 Å². The second-order valence-corrected chi connectivity index (χ2v) is 8.62. The average Bonchev–Trinajstić information content (AvgIpc) is 2.75. The molecule has 2 fully saturated rings. The maximum absolute atomic E-state index is 14.5. The van der Waals surface area contributed by atoms with Crippen LogP contribution in [0, 0.1) is 17.6 Å². The van der Waals surface area contributed by atoms with Crippen LogP contribution in [0.3, 0.4) is 0 Å². The largest absolute Gasteiger partial charge is 0.490 e. The van der Waals surface area contributed by atoms with Crippen molar-refractivity contribution in [3.8, 4) is 5.75 Å². The van der Waals surface area contributed by atoms with Crippen molar-refractivity contribution in [2.24, 2.45) is 5.92 Å². The summed E-state index contributed by atoms with van der Waals surface area (Å²) in [4.78, 5) is 0. The Labute approximate surface area is 174 Å². The molecule has 164 valence electrons. The van der Waals surface area contributed by atoms with Gasteiger partial charge in [0.05, 0.1) is 25.4 Å². The molecule has 0 N–H and O–H groups in total. The molecule has 29 heavy (non-hydrogen) atoms. The van der Waals surface area contributed by atoms with E-state index in [1.54, 1.807) is 12.1 Å². The third-order valence-electron chi connectivity index (χ3n) is 6.33. The number of hydrogen-bond donors (Lipinski definition) is 0. The van der Waals surface area contributed by atoms with Crippen LogP contribution < -0.4 is 4.74 Å². The first kappa shape index (κ1) is 22.5. The van der Waals surface area contributed by atoms with Crippen LogP contribution in [0.1, 0.15) is 83.1 Å². The molecule has 3 rings (SSSR count). The highest BCUT2D eigenvalue weighted by Crippen LogP contribution is 2.37. The Morgan fingerprint density at radius 1 is 0.966 bits per heavy atom. The molecule has 0 amide bonds. The summed E-state index contributed by atoms with van der Waals surface area (Å²) in [6.07, 6.45) is 9.35. The summed E-state index contributed by atoms with van der Waals surface area (Å²) < 4.78 is 46.2. The Morgan fingerprint density at radius 3 is 2.41 bits per heavy atom. The molecule has 2 aliphatic rings. The van der Waals surface area contributed by atoms with Gasteiger partial charge in [-0.3, -0.25) is 0 Å². The molecule has 2 atom stereocenters. The fourth-order valence-electron chi connectivity index (χ4n) is 4.60. The molecule has 1 saturated heterocycles. The van der Waals surface area contributed by atoms with E-state index in [0.29, 0.717) is 24.7 Å². The Hall–Kier alpha value is -1.20. The lowest BCUT2D eigenvalue weighted by Gasteiger charge is -2.32. The number of benzene rings is 1. The molecule has 1 aromatic carbocycles. The predicted molar refractivity (Wildman–Crippen MR) is 110 cm³/mol. The van der Waals surface area contributed by atoms with E-state index < -0.39 is 11.6 Å². The van der Waals surface area contributed by atoms with Crippen molar-refractivity contribution in [2.45, 2.75) is 89.8 Å². The highest BCUT2D eigenvalue weighted by atomic mass is 19.2. The van der Waals surface area contributed by atoms with Crippen LogP contribution >= 0.6 is 0 Å². The molecule has 2 unspecified atom stereocenters. The first-order valence-electron chi connectivity index (χ1n) is 11.5. The monoisotopic (exact) mass is 410 g/mol. The molecular formula is C24H36F2O3. The second-order valence-electron chi connectivity index (χ2n) is 8.62. The van der Waals surface area contributed by atoms with Crippen LogP contribution in [0.5, 0.6) is 5.75 Å². The van der Waals surface area contributed by atoms with E-state index >= 15 is 0 Å². The van der Waals surface area contributed by atoms with E-state index in [0.717, 1.165) is 45.1 Å². The molecule has 5 heteroatoms. The molecule has 1 aromatic rings. The van der Waals surface area contributed by atoms with Crippen molar-refractivity contribution < 1.29 is 23.0 Å². The van der Waals surface area contributed by atoms with Gasteiger partial charge in [0, 0.05) is 6.61 Å². The van der Waals surface area contributed by atoms with Gasteiger partial charge in [0.25, 0.3) is 0 Å². The van der Waals surface area contributed by atoms with Gasteiger partial charge in [-0.2, -0.15) is 4.39 Å². The number of halogens is 2. The van der Waals surface area contributed by atoms with Crippen molar-refractivity contribution in [3.05, 3.63) is 29.3 Å². The minimum absolute atomic E-state index is 0.0128. The third kappa shape index (κ3) is 6.14. The summed E-state index contributed by atoms with van der Waals surface area (Å²) in [5.41, 5.74) is 0.474. The van der Waals surface area contributed by atoms with E-state index in [1.807, 2.05) is 6.92 Å². The highest BCUT2D eigenvalue weighted by molar-refractivity contribution is 5.33. The lowest BCUT2D eigenvalue weighted by Crippen LogP contribution is -2.32. The zero-order valence-electron chi connectivity index (χ0n) is 17.9. The summed E-state index contributed by atoms with van der Waals surface area (Å²) in [6.45, 7) is 6.06. The summed E-state index contributed by atoms with van der Waals surface area (Å²) in [6, 6.07) is 3.26. The smallest absolute Gasteiger partial charge is 0.200 e. The van der Waals surface area contributed by atoms with E-state index in [-0.39, 0.29) is 23.9 Å². The number of ether oxygens (including phenoxy) is 3. The summed E-state index contributed by atoms with van der Waals surface area (Å²) in [5.74, 6) is -0.838. The van der Waals surface area contributed by atoms with Crippen molar-refractivity contribution >= 4 is 0 Å². The molecule has 0 spiro atoms. The molecule has 0 aromatic heterocycles. The third-order valence-corrected chi connectivity index (χ3v) is 6.33. The first-order chi connectivity index (χ1) is 14.1.